The average molecular weight is 380 g/mol. The van der Waals surface area contributed by atoms with Crippen molar-refractivity contribution in [2.24, 2.45) is 0 Å². The first kappa shape index (κ1) is 14.6. The Kier molecular flexibility index (Phi) is 4.28. The number of nitrogens with zero attached hydrogens (tertiary/aromatic N) is 1. The predicted octanol–water partition coefficient (Wildman–Crippen LogP) is 4.44. The lowest BCUT2D eigenvalue weighted by Gasteiger charge is -2.11. The van der Waals surface area contributed by atoms with Gasteiger partial charge in [0.25, 0.3) is 5.91 Å². The minimum Gasteiger partial charge on any atom is -0.467 e. The van der Waals surface area contributed by atoms with Crippen molar-refractivity contribution in [1.29, 1.82) is 0 Å². The maximum absolute atomic E-state index is 12.4. The van der Waals surface area contributed by atoms with Gasteiger partial charge in [0.05, 0.1) is 17.7 Å². The van der Waals surface area contributed by atoms with Gasteiger partial charge in [0.15, 0.2) is 0 Å². The number of carbonyl (C=O) groups excluding carboxylic acids is 1. The molecule has 0 aliphatic carbocycles. The summed E-state index contributed by atoms with van der Waals surface area (Å²) in [5.41, 5.74) is 0.969. The molecule has 1 aliphatic rings. The molecule has 21 heavy (non-hydrogen) atoms. The molecule has 3 nitrogen and oxygen atoms in total. The van der Waals surface area contributed by atoms with E-state index >= 15 is 0 Å². The summed E-state index contributed by atoms with van der Waals surface area (Å²) >= 11 is 9.99. The fourth-order valence-corrected chi connectivity index (χ4v) is 3.42. The molecular formula is C15H10BrNO2S2. The maximum Gasteiger partial charge on any atom is 0.266 e. The van der Waals surface area contributed by atoms with E-state index in [1.54, 1.807) is 17.2 Å². The normalized spacial score (nSPS) is 17.0. The zero-order valence-electron chi connectivity index (χ0n) is 10.8. The number of carbonyl (C=O) groups is 1. The molecule has 0 N–H and O–H groups in total. The molecule has 2 heterocycles. The molecule has 0 spiro atoms. The zero-order chi connectivity index (χ0) is 14.8. The number of rotatable bonds is 3. The number of thioether (sulfide) groups is 1. The van der Waals surface area contributed by atoms with Crippen molar-refractivity contribution in [1.82, 2.24) is 4.90 Å². The van der Waals surface area contributed by atoms with Crippen LogP contribution >= 0.6 is 39.9 Å². The predicted molar refractivity (Wildman–Crippen MR) is 91.6 cm³/mol. The number of hydrogen-bond donors (Lipinski definition) is 0. The number of thiocarbonyl (C=S) groups is 1. The van der Waals surface area contributed by atoms with Gasteiger partial charge in [0.1, 0.15) is 10.1 Å². The molecule has 0 unspecified atom stereocenters. The standard InChI is InChI=1S/C15H10BrNO2S2/c16-11-5-3-10(4-6-11)8-13-14(18)17(15(20)21-13)9-12-2-1-7-19-12/h1-8H,9H2. The van der Waals surface area contributed by atoms with Crippen LogP contribution in [0.3, 0.4) is 0 Å². The summed E-state index contributed by atoms with van der Waals surface area (Å²) in [6.45, 7) is 0.370. The van der Waals surface area contributed by atoms with Gasteiger partial charge in [0.2, 0.25) is 0 Å². The highest BCUT2D eigenvalue weighted by Gasteiger charge is 2.32. The molecule has 0 radical (unpaired) electrons. The van der Waals surface area contributed by atoms with Crippen LogP contribution in [0, 0.1) is 0 Å². The third-order valence-corrected chi connectivity index (χ3v) is 4.84. The summed E-state index contributed by atoms with van der Waals surface area (Å²) in [5, 5.41) is 0. The largest absolute Gasteiger partial charge is 0.467 e. The molecule has 0 atom stereocenters. The smallest absolute Gasteiger partial charge is 0.266 e. The minimum atomic E-state index is -0.0793. The Labute approximate surface area is 140 Å². The Hall–Kier alpha value is -1.37. The second kappa shape index (κ2) is 6.17. The van der Waals surface area contributed by atoms with Gasteiger partial charge >= 0.3 is 0 Å². The van der Waals surface area contributed by atoms with Crippen molar-refractivity contribution in [3.63, 3.8) is 0 Å². The Morgan fingerprint density at radius 2 is 2.05 bits per heavy atom. The first-order valence-corrected chi connectivity index (χ1v) is 8.18. The zero-order valence-corrected chi connectivity index (χ0v) is 14.0. The van der Waals surface area contributed by atoms with Crippen molar-refractivity contribution in [2.75, 3.05) is 0 Å². The maximum atomic E-state index is 12.4. The lowest BCUT2D eigenvalue weighted by Crippen LogP contribution is -2.27. The van der Waals surface area contributed by atoms with Crippen LogP contribution in [0.25, 0.3) is 6.08 Å². The second-order valence-electron chi connectivity index (χ2n) is 4.40. The molecular weight excluding hydrogens is 370 g/mol. The molecule has 1 fully saturated rings. The number of amides is 1. The van der Waals surface area contributed by atoms with Crippen LogP contribution in [0.4, 0.5) is 0 Å². The Morgan fingerprint density at radius 3 is 2.71 bits per heavy atom. The summed E-state index contributed by atoms with van der Waals surface area (Å²) in [7, 11) is 0. The monoisotopic (exact) mass is 379 g/mol. The van der Waals surface area contributed by atoms with Crippen molar-refractivity contribution >= 4 is 56.2 Å². The van der Waals surface area contributed by atoms with Crippen LogP contribution in [-0.4, -0.2) is 15.1 Å². The number of furan rings is 1. The van der Waals surface area contributed by atoms with Crippen molar-refractivity contribution in [3.8, 4) is 0 Å². The first-order valence-electron chi connectivity index (χ1n) is 6.17. The van der Waals surface area contributed by atoms with E-state index in [2.05, 4.69) is 15.9 Å². The van der Waals surface area contributed by atoms with E-state index in [-0.39, 0.29) is 5.91 Å². The molecule has 106 valence electrons. The Balaban J connectivity index is 1.81. The molecule has 3 rings (SSSR count). The number of halogens is 1. The summed E-state index contributed by atoms with van der Waals surface area (Å²) in [6, 6.07) is 11.4. The quantitative estimate of drug-likeness (QED) is 0.582. The van der Waals surface area contributed by atoms with Crippen molar-refractivity contribution in [2.45, 2.75) is 6.54 Å². The molecule has 1 aliphatic heterocycles. The number of benzene rings is 1. The van der Waals surface area contributed by atoms with Gasteiger partial charge in [-0.05, 0) is 35.9 Å². The van der Waals surface area contributed by atoms with Crippen molar-refractivity contribution in [3.05, 3.63) is 63.4 Å². The SMILES string of the molecule is O=C1C(=Cc2ccc(Br)cc2)SC(=S)N1Cc1ccco1. The Bertz CT molecular complexity index is 708. The van der Waals surface area contributed by atoms with E-state index in [9.17, 15) is 4.79 Å². The van der Waals surface area contributed by atoms with E-state index in [1.165, 1.54) is 11.8 Å². The van der Waals surface area contributed by atoms with Gasteiger partial charge in [0, 0.05) is 4.47 Å². The molecule has 6 heteroatoms. The number of hydrogen-bond acceptors (Lipinski definition) is 4. The van der Waals surface area contributed by atoms with Gasteiger partial charge in [-0.3, -0.25) is 9.69 Å². The average Bonchev–Trinajstić information content (AvgIpc) is 3.06. The fourth-order valence-electron chi connectivity index (χ4n) is 1.91. The molecule has 1 amide bonds. The van der Waals surface area contributed by atoms with Crippen LogP contribution in [0.1, 0.15) is 11.3 Å². The van der Waals surface area contributed by atoms with E-state index < -0.39 is 0 Å². The summed E-state index contributed by atoms with van der Waals surface area (Å²) < 4.78 is 6.83. The third-order valence-electron chi connectivity index (χ3n) is 2.94. The van der Waals surface area contributed by atoms with Crippen LogP contribution < -0.4 is 0 Å². The summed E-state index contributed by atoms with van der Waals surface area (Å²) in [5.74, 6) is 0.639. The van der Waals surface area contributed by atoms with E-state index in [4.69, 9.17) is 16.6 Å². The van der Waals surface area contributed by atoms with Crippen LogP contribution in [0.5, 0.6) is 0 Å². The first-order chi connectivity index (χ1) is 10.1. The molecule has 1 saturated heterocycles. The van der Waals surface area contributed by atoms with Gasteiger partial charge in [-0.25, -0.2) is 0 Å². The van der Waals surface area contributed by atoms with Gasteiger partial charge in [-0.2, -0.15) is 0 Å². The van der Waals surface area contributed by atoms with Gasteiger partial charge < -0.3 is 4.42 Å². The van der Waals surface area contributed by atoms with Crippen molar-refractivity contribution < 1.29 is 9.21 Å². The highest BCUT2D eigenvalue weighted by atomic mass is 79.9. The third kappa shape index (κ3) is 3.28. The molecule has 2 aromatic rings. The van der Waals surface area contributed by atoms with Crippen LogP contribution in [-0.2, 0) is 11.3 Å². The second-order valence-corrected chi connectivity index (χ2v) is 6.99. The van der Waals surface area contributed by atoms with Gasteiger partial charge in [-0.15, -0.1) is 0 Å². The topological polar surface area (TPSA) is 33.5 Å². The van der Waals surface area contributed by atoms with E-state index in [1.807, 2.05) is 36.4 Å². The summed E-state index contributed by atoms with van der Waals surface area (Å²) in [4.78, 5) is 14.6. The molecule has 1 aromatic heterocycles. The van der Waals surface area contributed by atoms with Crippen LogP contribution in [0.15, 0.2) is 56.5 Å². The highest BCUT2D eigenvalue weighted by Crippen LogP contribution is 2.33. The fraction of sp³-hybridized carbons (Fsp3) is 0.0667. The Morgan fingerprint density at radius 1 is 1.29 bits per heavy atom. The minimum absolute atomic E-state index is 0.0793. The molecule has 1 aromatic carbocycles. The molecule has 0 saturated carbocycles. The van der Waals surface area contributed by atoms with E-state index in [0.717, 1.165) is 15.8 Å². The highest BCUT2D eigenvalue weighted by molar-refractivity contribution is 9.10. The lowest BCUT2D eigenvalue weighted by atomic mass is 10.2. The lowest BCUT2D eigenvalue weighted by molar-refractivity contribution is -0.122. The van der Waals surface area contributed by atoms with Gasteiger partial charge in [-0.1, -0.05) is 52.0 Å². The van der Waals surface area contributed by atoms with E-state index in [0.29, 0.717) is 15.8 Å². The summed E-state index contributed by atoms with van der Waals surface area (Å²) in [6.07, 6.45) is 3.44. The molecule has 0 bridgehead atoms. The van der Waals surface area contributed by atoms with Crippen LogP contribution in [0.2, 0.25) is 0 Å².